The van der Waals surface area contributed by atoms with Crippen molar-refractivity contribution in [1.29, 1.82) is 0 Å². The maximum absolute atomic E-state index is 12.2. The van der Waals surface area contributed by atoms with Crippen LogP contribution in [0.25, 0.3) is 0 Å². The average Bonchev–Trinajstić information content (AvgIpc) is 2.93. The molecule has 1 aliphatic rings. The van der Waals surface area contributed by atoms with Crippen LogP contribution < -0.4 is 5.32 Å². The van der Waals surface area contributed by atoms with Gasteiger partial charge in [0.15, 0.2) is 5.78 Å². The number of rotatable bonds is 4. The van der Waals surface area contributed by atoms with Gasteiger partial charge in [-0.25, -0.2) is 0 Å². The number of carbonyl (C=O) groups excluding carboxylic acids is 1. The van der Waals surface area contributed by atoms with Crippen molar-refractivity contribution in [3.05, 3.63) is 64.7 Å². The van der Waals surface area contributed by atoms with E-state index in [0.717, 1.165) is 24.1 Å². The number of aryl methyl sites for hydroxylation is 3. The second-order valence-electron chi connectivity index (χ2n) is 5.48. The van der Waals surface area contributed by atoms with Gasteiger partial charge in [-0.1, -0.05) is 29.8 Å². The molecule has 0 aromatic heterocycles. The lowest BCUT2D eigenvalue weighted by atomic mass is 10.0. The zero-order valence-electron chi connectivity index (χ0n) is 11.8. The molecule has 0 heterocycles. The number of Topliss-reactive ketones (excluding diaryl/α,β-unsaturated/α-hetero) is 1. The third-order valence-corrected chi connectivity index (χ3v) is 3.93. The molecule has 2 aromatic rings. The molecule has 2 aromatic carbocycles. The minimum Gasteiger partial charge on any atom is -0.378 e. The van der Waals surface area contributed by atoms with E-state index < -0.39 is 0 Å². The zero-order chi connectivity index (χ0) is 13.9. The summed E-state index contributed by atoms with van der Waals surface area (Å²) in [5.74, 6) is 0.153. The first kappa shape index (κ1) is 12.9. The van der Waals surface area contributed by atoms with E-state index in [1.165, 1.54) is 23.1 Å². The first-order valence-electron chi connectivity index (χ1n) is 7.18. The smallest absolute Gasteiger partial charge is 0.181 e. The van der Waals surface area contributed by atoms with Crippen LogP contribution in [0.2, 0.25) is 0 Å². The summed E-state index contributed by atoms with van der Waals surface area (Å²) < 4.78 is 0. The fourth-order valence-corrected chi connectivity index (χ4v) is 2.70. The molecule has 0 bridgehead atoms. The molecule has 2 heteroatoms. The molecule has 0 saturated carbocycles. The largest absolute Gasteiger partial charge is 0.378 e. The predicted octanol–water partition coefficient (Wildman–Crippen LogP) is 3.78. The number of nitrogens with one attached hydrogen (secondary N) is 1. The van der Waals surface area contributed by atoms with Crippen LogP contribution in [-0.2, 0) is 12.8 Å². The standard InChI is InChI=1S/C18H19NO/c1-13-5-9-17(10-6-13)19-12-18(20)16-8-7-14-3-2-4-15(14)11-16/h5-11,19H,2-4,12H2,1H3. The summed E-state index contributed by atoms with van der Waals surface area (Å²) in [6.45, 7) is 2.40. The fourth-order valence-electron chi connectivity index (χ4n) is 2.70. The van der Waals surface area contributed by atoms with Gasteiger partial charge in [0.05, 0.1) is 6.54 Å². The van der Waals surface area contributed by atoms with Crippen molar-refractivity contribution in [2.75, 3.05) is 11.9 Å². The topological polar surface area (TPSA) is 29.1 Å². The highest BCUT2D eigenvalue weighted by molar-refractivity contribution is 5.99. The summed E-state index contributed by atoms with van der Waals surface area (Å²) in [4.78, 5) is 12.2. The molecule has 20 heavy (non-hydrogen) atoms. The van der Waals surface area contributed by atoms with Crippen LogP contribution in [0.1, 0.15) is 33.5 Å². The molecule has 0 atom stereocenters. The second kappa shape index (κ2) is 5.49. The lowest BCUT2D eigenvalue weighted by Crippen LogP contribution is -2.14. The highest BCUT2D eigenvalue weighted by Gasteiger charge is 2.13. The van der Waals surface area contributed by atoms with Gasteiger partial charge in [-0.2, -0.15) is 0 Å². The maximum atomic E-state index is 12.2. The summed E-state index contributed by atoms with van der Waals surface area (Å²) >= 11 is 0. The molecule has 1 N–H and O–H groups in total. The van der Waals surface area contributed by atoms with Crippen LogP contribution in [0.3, 0.4) is 0 Å². The first-order chi connectivity index (χ1) is 9.72. The van der Waals surface area contributed by atoms with Crippen molar-refractivity contribution in [3.63, 3.8) is 0 Å². The van der Waals surface area contributed by atoms with Crippen LogP contribution in [0.15, 0.2) is 42.5 Å². The number of carbonyl (C=O) groups is 1. The predicted molar refractivity (Wildman–Crippen MR) is 82.5 cm³/mol. The normalized spacial score (nSPS) is 13.1. The molecule has 0 radical (unpaired) electrons. The number of benzene rings is 2. The van der Waals surface area contributed by atoms with Gasteiger partial charge in [0.1, 0.15) is 0 Å². The molecule has 0 spiro atoms. The molecular weight excluding hydrogens is 246 g/mol. The van der Waals surface area contributed by atoms with E-state index in [-0.39, 0.29) is 5.78 Å². The summed E-state index contributed by atoms with van der Waals surface area (Å²) in [5.41, 5.74) is 5.80. The Bertz CT molecular complexity index is 628. The lowest BCUT2D eigenvalue weighted by molar-refractivity contribution is 0.101. The molecule has 102 valence electrons. The van der Waals surface area contributed by atoms with Gasteiger partial charge in [-0.3, -0.25) is 4.79 Å². The first-order valence-corrected chi connectivity index (χ1v) is 7.18. The number of hydrogen-bond donors (Lipinski definition) is 1. The van der Waals surface area contributed by atoms with Gasteiger partial charge in [-0.15, -0.1) is 0 Å². The SMILES string of the molecule is Cc1ccc(NCC(=O)c2ccc3c(c2)CCC3)cc1. The van der Waals surface area contributed by atoms with E-state index in [1.807, 2.05) is 30.3 Å². The quantitative estimate of drug-likeness (QED) is 0.852. The molecule has 0 amide bonds. The van der Waals surface area contributed by atoms with E-state index in [9.17, 15) is 4.79 Å². The minimum absolute atomic E-state index is 0.153. The summed E-state index contributed by atoms with van der Waals surface area (Å²) in [7, 11) is 0. The molecular formula is C18H19NO. The Labute approximate surface area is 119 Å². The lowest BCUT2D eigenvalue weighted by Gasteiger charge is -2.07. The van der Waals surface area contributed by atoms with Gasteiger partial charge in [0.25, 0.3) is 0 Å². The summed E-state index contributed by atoms with van der Waals surface area (Å²) in [6, 6.07) is 14.2. The number of fused-ring (bicyclic) bond motifs is 1. The van der Waals surface area contributed by atoms with E-state index in [1.54, 1.807) is 0 Å². The van der Waals surface area contributed by atoms with E-state index in [2.05, 4.69) is 24.4 Å². The third kappa shape index (κ3) is 2.74. The van der Waals surface area contributed by atoms with Crippen LogP contribution in [0.5, 0.6) is 0 Å². The Morgan fingerprint density at radius 3 is 2.60 bits per heavy atom. The Hall–Kier alpha value is -2.09. The van der Waals surface area contributed by atoms with Crippen molar-refractivity contribution in [3.8, 4) is 0 Å². The molecule has 2 nitrogen and oxygen atoms in total. The van der Waals surface area contributed by atoms with Crippen LogP contribution in [0.4, 0.5) is 5.69 Å². The second-order valence-corrected chi connectivity index (χ2v) is 5.48. The monoisotopic (exact) mass is 265 g/mol. The van der Waals surface area contributed by atoms with Gasteiger partial charge in [-0.05, 0) is 55.5 Å². The average molecular weight is 265 g/mol. The minimum atomic E-state index is 0.153. The zero-order valence-corrected chi connectivity index (χ0v) is 11.8. The van der Waals surface area contributed by atoms with Gasteiger partial charge in [0, 0.05) is 11.3 Å². The van der Waals surface area contributed by atoms with E-state index >= 15 is 0 Å². The van der Waals surface area contributed by atoms with Crippen molar-refractivity contribution >= 4 is 11.5 Å². The van der Waals surface area contributed by atoms with Crippen molar-refractivity contribution in [2.45, 2.75) is 26.2 Å². The van der Waals surface area contributed by atoms with E-state index in [0.29, 0.717) is 6.54 Å². The van der Waals surface area contributed by atoms with Crippen LogP contribution in [-0.4, -0.2) is 12.3 Å². The third-order valence-electron chi connectivity index (χ3n) is 3.93. The highest BCUT2D eigenvalue weighted by Crippen LogP contribution is 2.23. The molecule has 1 aliphatic carbocycles. The molecule has 3 rings (SSSR count). The molecule has 0 saturated heterocycles. The maximum Gasteiger partial charge on any atom is 0.181 e. The fraction of sp³-hybridized carbons (Fsp3) is 0.278. The Balaban J connectivity index is 1.66. The number of ketones is 1. The number of hydrogen-bond acceptors (Lipinski definition) is 2. The Morgan fingerprint density at radius 1 is 1.05 bits per heavy atom. The van der Waals surface area contributed by atoms with Crippen molar-refractivity contribution in [1.82, 2.24) is 0 Å². The highest BCUT2D eigenvalue weighted by atomic mass is 16.1. The Kier molecular flexibility index (Phi) is 3.55. The number of anilines is 1. The molecule has 0 aliphatic heterocycles. The molecule has 0 unspecified atom stereocenters. The van der Waals surface area contributed by atoms with Crippen molar-refractivity contribution < 1.29 is 4.79 Å². The van der Waals surface area contributed by atoms with Crippen LogP contribution in [0, 0.1) is 6.92 Å². The summed E-state index contributed by atoms with van der Waals surface area (Å²) in [5, 5.41) is 3.19. The van der Waals surface area contributed by atoms with Crippen molar-refractivity contribution in [2.24, 2.45) is 0 Å². The van der Waals surface area contributed by atoms with Gasteiger partial charge < -0.3 is 5.32 Å². The summed E-state index contributed by atoms with van der Waals surface area (Å²) in [6.07, 6.45) is 3.49. The van der Waals surface area contributed by atoms with Gasteiger partial charge >= 0.3 is 0 Å². The Morgan fingerprint density at radius 2 is 1.80 bits per heavy atom. The van der Waals surface area contributed by atoms with Gasteiger partial charge in [0.2, 0.25) is 0 Å². The van der Waals surface area contributed by atoms with Crippen LogP contribution >= 0.6 is 0 Å². The molecule has 0 fully saturated rings. The van der Waals surface area contributed by atoms with E-state index in [4.69, 9.17) is 0 Å².